The van der Waals surface area contributed by atoms with E-state index in [0.717, 1.165) is 48.3 Å². The minimum atomic E-state index is -0.837. The van der Waals surface area contributed by atoms with Crippen LogP contribution in [0.5, 0.6) is 0 Å². The lowest BCUT2D eigenvalue weighted by molar-refractivity contribution is 0.132. The second-order valence-electron chi connectivity index (χ2n) is 9.88. The molecule has 9 heteroatoms. The van der Waals surface area contributed by atoms with E-state index in [2.05, 4.69) is 39.0 Å². The van der Waals surface area contributed by atoms with Crippen LogP contribution in [0, 0.1) is 19.8 Å². The van der Waals surface area contributed by atoms with Crippen LogP contribution in [0.4, 0.5) is 10.6 Å². The number of carbonyl (C=O) groups is 1. The molecule has 1 amide bonds. The number of aromatic nitrogens is 4. The van der Waals surface area contributed by atoms with E-state index >= 15 is 0 Å². The summed E-state index contributed by atoms with van der Waals surface area (Å²) in [6.45, 7) is 6.57. The summed E-state index contributed by atoms with van der Waals surface area (Å²) in [6.07, 6.45) is 3.56. The highest BCUT2D eigenvalue weighted by atomic mass is 16.4. The van der Waals surface area contributed by atoms with Gasteiger partial charge in [-0.2, -0.15) is 5.10 Å². The van der Waals surface area contributed by atoms with Crippen molar-refractivity contribution in [2.45, 2.75) is 44.6 Å². The first-order valence-electron chi connectivity index (χ1n) is 11.6. The molecule has 2 aromatic heterocycles. The van der Waals surface area contributed by atoms with Gasteiger partial charge < -0.3 is 20.0 Å². The summed E-state index contributed by atoms with van der Waals surface area (Å²) in [5.41, 5.74) is 2.91. The molecule has 3 aliphatic rings. The van der Waals surface area contributed by atoms with Gasteiger partial charge in [0.25, 0.3) is 0 Å². The Hall–Kier alpha value is -3.20. The second-order valence-corrected chi connectivity index (χ2v) is 9.88. The topological polar surface area (TPSA) is 108 Å². The number of amides is 1. The standard InChI is InChI=1S/C24H28N6O3/c1-14-7-17-11-25-30(20(17)8-19(14)16-3-5-28(6-4-16)23(31)32)22-9-21(26-15(2)27-22)29-12-18-10-24(18,33)13-29/h7-9,11,16,18,33H,3-6,10,12-13H2,1-2H3,(H,31,32). The summed E-state index contributed by atoms with van der Waals surface area (Å²) >= 11 is 0. The molecule has 172 valence electrons. The normalized spacial score (nSPS) is 25.0. The minimum absolute atomic E-state index is 0.327. The van der Waals surface area contributed by atoms with Crippen LogP contribution >= 0.6 is 0 Å². The lowest BCUT2D eigenvalue weighted by Gasteiger charge is -2.31. The van der Waals surface area contributed by atoms with Crippen molar-refractivity contribution in [1.82, 2.24) is 24.6 Å². The van der Waals surface area contributed by atoms with Crippen molar-refractivity contribution in [2.24, 2.45) is 5.92 Å². The van der Waals surface area contributed by atoms with Gasteiger partial charge in [-0.05, 0) is 62.3 Å². The molecule has 2 N–H and O–H groups in total. The van der Waals surface area contributed by atoms with E-state index in [-0.39, 0.29) is 0 Å². The Morgan fingerprint density at radius 1 is 1.12 bits per heavy atom. The maximum atomic E-state index is 11.3. The number of piperidine rings is 2. The van der Waals surface area contributed by atoms with Crippen LogP contribution in [0.2, 0.25) is 0 Å². The quantitative estimate of drug-likeness (QED) is 0.634. The number of hydrogen-bond donors (Lipinski definition) is 2. The van der Waals surface area contributed by atoms with Gasteiger partial charge in [0.05, 0.1) is 17.3 Å². The number of β-amino-alcohol motifs (C(OH)–C–C–N with tert-alkyl or cyclic N) is 1. The van der Waals surface area contributed by atoms with Gasteiger partial charge in [-0.1, -0.05) is 0 Å². The highest BCUT2D eigenvalue weighted by Gasteiger charge is 2.59. The Balaban J connectivity index is 1.34. The van der Waals surface area contributed by atoms with Crippen LogP contribution in [-0.4, -0.2) is 72.7 Å². The predicted molar refractivity (Wildman–Crippen MR) is 123 cm³/mol. The number of anilines is 1. The van der Waals surface area contributed by atoms with Gasteiger partial charge in [0, 0.05) is 43.5 Å². The Bertz CT molecular complexity index is 1260. The molecule has 1 aromatic carbocycles. The number of likely N-dealkylation sites (tertiary alicyclic amines) is 1. The zero-order chi connectivity index (χ0) is 22.9. The summed E-state index contributed by atoms with van der Waals surface area (Å²) in [5.74, 6) is 2.89. The maximum Gasteiger partial charge on any atom is 0.407 e. The third kappa shape index (κ3) is 3.42. The molecule has 2 atom stereocenters. The Kier molecular flexibility index (Phi) is 4.42. The highest BCUT2D eigenvalue weighted by Crippen LogP contribution is 2.50. The monoisotopic (exact) mass is 448 g/mol. The molecular formula is C24H28N6O3. The second kappa shape index (κ2) is 7.15. The third-order valence-electron chi connectivity index (χ3n) is 7.62. The average molecular weight is 449 g/mol. The Morgan fingerprint density at radius 3 is 2.58 bits per heavy atom. The predicted octanol–water partition coefficient (Wildman–Crippen LogP) is 2.86. The van der Waals surface area contributed by atoms with Gasteiger partial charge in [-0.15, -0.1) is 0 Å². The smallest absolute Gasteiger partial charge is 0.407 e. The molecule has 1 saturated carbocycles. The number of hydrogen-bond acceptors (Lipinski definition) is 6. The lowest BCUT2D eigenvalue weighted by atomic mass is 9.86. The van der Waals surface area contributed by atoms with Crippen molar-refractivity contribution < 1.29 is 15.0 Å². The molecule has 2 aliphatic heterocycles. The van der Waals surface area contributed by atoms with Crippen molar-refractivity contribution in [2.75, 3.05) is 31.1 Å². The van der Waals surface area contributed by atoms with E-state index in [1.807, 2.05) is 23.9 Å². The number of nitrogens with zero attached hydrogens (tertiary/aromatic N) is 6. The molecule has 3 aromatic rings. The zero-order valence-electron chi connectivity index (χ0n) is 18.9. The molecule has 3 fully saturated rings. The number of aryl methyl sites for hydroxylation is 2. The molecule has 2 unspecified atom stereocenters. The van der Waals surface area contributed by atoms with Crippen molar-refractivity contribution >= 4 is 22.8 Å². The lowest BCUT2D eigenvalue weighted by Crippen LogP contribution is -2.36. The Morgan fingerprint density at radius 2 is 1.88 bits per heavy atom. The van der Waals surface area contributed by atoms with Crippen LogP contribution in [0.25, 0.3) is 16.7 Å². The molecule has 33 heavy (non-hydrogen) atoms. The summed E-state index contributed by atoms with van der Waals surface area (Å²) in [7, 11) is 0. The highest BCUT2D eigenvalue weighted by molar-refractivity contribution is 5.82. The van der Waals surface area contributed by atoms with Gasteiger partial charge in [0.1, 0.15) is 11.6 Å². The summed E-state index contributed by atoms with van der Waals surface area (Å²) < 4.78 is 1.87. The molecule has 4 heterocycles. The number of carboxylic acid groups (broad SMARTS) is 1. The van der Waals surface area contributed by atoms with E-state index in [4.69, 9.17) is 0 Å². The van der Waals surface area contributed by atoms with Crippen molar-refractivity contribution in [1.29, 1.82) is 0 Å². The van der Waals surface area contributed by atoms with Gasteiger partial charge in [-0.25, -0.2) is 19.4 Å². The first kappa shape index (κ1) is 20.4. The average Bonchev–Trinajstić information content (AvgIpc) is 3.09. The molecule has 6 rings (SSSR count). The van der Waals surface area contributed by atoms with Gasteiger partial charge >= 0.3 is 6.09 Å². The summed E-state index contributed by atoms with van der Waals surface area (Å²) in [4.78, 5) is 24.2. The third-order valence-corrected chi connectivity index (χ3v) is 7.62. The number of rotatable bonds is 3. The Labute approximate surface area is 191 Å². The maximum absolute atomic E-state index is 11.3. The minimum Gasteiger partial charge on any atom is -0.465 e. The molecule has 2 saturated heterocycles. The fraction of sp³-hybridized carbons (Fsp3) is 0.500. The molecule has 1 aliphatic carbocycles. The van der Waals surface area contributed by atoms with Gasteiger partial charge in [-0.3, -0.25) is 0 Å². The first-order valence-corrected chi connectivity index (χ1v) is 11.6. The van der Waals surface area contributed by atoms with E-state index < -0.39 is 11.7 Å². The van der Waals surface area contributed by atoms with E-state index in [1.165, 1.54) is 16.0 Å². The first-order chi connectivity index (χ1) is 15.8. The fourth-order valence-electron chi connectivity index (χ4n) is 5.65. The van der Waals surface area contributed by atoms with Gasteiger partial charge in [0.2, 0.25) is 0 Å². The van der Waals surface area contributed by atoms with Crippen LogP contribution in [-0.2, 0) is 0 Å². The SMILES string of the molecule is Cc1nc(N2CC3CC3(O)C2)cc(-n2ncc3cc(C)c(C4CCN(C(=O)O)CC4)cc32)n1. The van der Waals surface area contributed by atoms with Crippen LogP contribution in [0.3, 0.4) is 0 Å². The van der Waals surface area contributed by atoms with Crippen LogP contribution in [0.1, 0.15) is 42.1 Å². The molecule has 0 radical (unpaired) electrons. The summed E-state index contributed by atoms with van der Waals surface area (Å²) in [6, 6.07) is 6.32. The molecular weight excluding hydrogens is 420 g/mol. The number of aliphatic hydroxyl groups is 1. The number of benzene rings is 1. The molecule has 0 spiro atoms. The van der Waals surface area contributed by atoms with Gasteiger partial charge in [0.15, 0.2) is 5.82 Å². The van der Waals surface area contributed by atoms with Crippen molar-refractivity contribution in [3.63, 3.8) is 0 Å². The fourth-order valence-corrected chi connectivity index (χ4v) is 5.65. The largest absolute Gasteiger partial charge is 0.465 e. The van der Waals surface area contributed by atoms with E-state index in [0.29, 0.717) is 37.3 Å². The van der Waals surface area contributed by atoms with Crippen molar-refractivity contribution in [3.05, 3.63) is 41.3 Å². The number of fused-ring (bicyclic) bond motifs is 2. The van der Waals surface area contributed by atoms with Crippen LogP contribution < -0.4 is 4.90 Å². The summed E-state index contributed by atoms with van der Waals surface area (Å²) in [5, 5.41) is 25.4. The van der Waals surface area contributed by atoms with E-state index in [9.17, 15) is 15.0 Å². The van der Waals surface area contributed by atoms with Crippen molar-refractivity contribution in [3.8, 4) is 5.82 Å². The molecule has 0 bridgehead atoms. The molecule has 9 nitrogen and oxygen atoms in total. The van der Waals surface area contributed by atoms with E-state index in [1.54, 1.807) is 0 Å². The zero-order valence-corrected chi connectivity index (χ0v) is 18.9. The van der Waals surface area contributed by atoms with Crippen LogP contribution in [0.15, 0.2) is 24.4 Å².